The van der Waals surface area contributed by atoms with Crippen LogP contribution in [0.3, 0.4) is 0 Å². The maximum atomic E-state index is 13.2. The molecular weight excluding hydrogens is 426 g/mol. The maximum Gasteiger partial charge on any atom is 0.290 e. The van der Waals surface area contributed by atoms with Crippen LogP contribution >= 0.6 is 0 Å². The standard InChI is InChI=1S/C25H23NO7/c1-3-32-20-13-16(8-11-18(20)27)22-21(23(28)19-5-4-12-33-19)24(29)25(30)26(22)14-15-6-9-17(31-2)10-7-15/h4-13,22,27,29H,3,14H2,1-2H3. The second-order valence-electron chi connectivity index (χ2n) is 7.41. The molecule has 1 amide bonds. The van der Waals surface area contributed by atoms with Gasteiger partial charge in [-0.05, 0) is 54.4 Å². The van der Waals surface area contributed by atoms with Crippen molar-refractivity contribution in [1.29, 1.82) is 0 Å². The highest BCUT2D eigenvalue weighted by Crippen LogP contribution is 2.42. The van der Waals surface area contributed by atoms with E-state index in [1.807, 2.05) is 0 Å². The van der Waals surface area contributed by atoms with Crippen molar-refractivity contribution in [1.82, 2.24) is 4.90 Å². The van der Waals surface area contributed by atoms with Crippen molar-refractivity contribution >= 4 is 11.7 Å². The van der Waals surface area contributed by atoms with E-state index in [0.29, 0.717) is 17.9 Å². The van der Waals surface area contributed by atoms with Crippen molar-refractivity contribution in [3.05, 3.63) is 89.1 Å². The Kier molecular flexibility index (Phi) is 6.08. The maximum absolute atomic E-state index is 13.2. The van der Waals surface area contributed by atoms with Crippen LogP contribution in [0.25, 0.3) is 0 Å². The molecule has 0 fully saturated rings. The number of carbonyl (C=O) groups is 2. The Hall–Kier alpha value is -4.20. The SMILES string of the molecule is CCOc1cc(C2C(C(=O)c3ccco3)=C(O)C(=O)N2Cc2ccc(OC)cc2)ccc1O. The summed E-state index contributed by atoms with van der Waals surface area (Å²) in [6, 6.07) is 13.8. The fraction of sp³-hybridized carbons (Fsp3) is 0.200. The third-order valence-electron chi connectivity index (χ3n) is 5.40. The zero-order valence-electron chi connectivity index (χ0n) is 18.1. The highest BCUT2D eigenvalue weighted by molar-refractivity contribution is 6.15. The number of aromatic hydroxyl groups is 1. The molecule has 0 saturated heterocycles. The van der Waals surface area contributed by atoms with Crippen molar-refractivity contribution in [3.63, 3.8) is 0 Å². The van der Waals surface area contributed by atoms with Crippen LogP contribution in [0.4, 0.5) is 0 Å². The summed E-state index contributed by atoms with van der Waals surface area (Å²) in [5, 5.41) is 20.9. The zero-order valence-corrected chi connectivity index (χ0v) is 18.1. The van der Waals surface area contributed by atoms with Gasteiger partial charge in [-0.2, -0.15) is 0 Å². The van der Waals surface area contributed by atoms with E-state index in [0.717, 1.165) is 5.56 Å². The third-order valence-corrected chi connectivity index (χ3v) is 5.40. The van der Waals surface area contributed by atoms with E-state index in [1.54, 1.807) is 56.5 Å². The molecule has 0 aliphatic carbocycles. The Labute approximate surface area is 190 Å². The molecule has 8 nitrogen and oxygen atoms in total. The van der Waals surface area contributed by atoms with E-state index in [-0.39, 0.29) is 29.4 Å². The van der Waals surface area contributed by atoms with E-state index >= 15 is 0 Å². The summed E-state index contributed by atoms with van der Waals surface area (Å²) in [5.74, 6) is -1.11. The first-order chi connectivity index (χ1) is 15.9. The van der Waals surface area contributed by atoms with Crippen LogP contribution < -0.4 is 9.47 Å². The lowest BCUT2D eigenvalue weighted by Gasteiger charge is -2.27. The Morgan fingerprint density at radius 2 is 1.88 bits per heavy atom. The number of aliphatic hydroxyl groups is 1. The number of phenolic OH excluding ortho intramolecular Hbond substituents is 1. The zero-order chi connectivity index (χ0) is 23.5. The van der Waals surface area contributed by atoms with Gasteiger partial charge < -0.3 is 29.0 Å². The fourth-order valence-electron chi connectivity index (χ4n) is 3.84. The van der Waals surface area contributed by atoms with Crippen LogP contribution in [0.5, 0.6) is 17.2 Å². The number of ether oxygens (including phenoxy) is 2. The van der Waals surface area contributed by atoms with Crippen LogP contribution in [0.1, 0.15) is 34.6 Å². The van der Waals surface area contributed by atoms with Crippen molar-refractivity contribution < 1.29 is 33.7 Å². The molecule has 1 aliphatic heterocycles. The van der Waals surface area contributed by atoms with Crippen LogP contribution in [-0.2, 0) is 11.3 Å². The number of aliphatic hydroxyl groups excluding tert-OH is 1. The molecule has 3 aromatic rings. The van der Waals surface area contributed by atoms with Gasteiger partial charge in [-0.3, -0.25) is 9.59 Å². The number of amides is 1. The number of rotatable bonds is 8. The summed E-state index contributed by atoms with van der Waals surface area (Å²) >= 11 is 0. The van der Waals surface area contributed by atoms with Crippen LogP contribution in [-0.4, -0.2) is 40.5 Å². The number of methoxy groups -OCH3 is 1. The molecular formula is C25H23NO7. The highest BCUT2D eigenvalue weighted by Gasteiger charge is 2.44. The molecule has 0 saturated carbocycles. The minimum atomic E-state index is -0.919. The van der Waals surface area contributed by atoms with Crippen LogP contribution in [0, 0.1) is 0 Å². The Bertz CT molecular complexity index is 1200. The number of carbonyl (C=O) groups excluding carboxylic acids is 2. The molecule has 0 radical (unpaired) electrons. The molecule has 170 valence electrons. The van der Waals surface area contributed by atoms with E-state index in [4.69, 9.17) is 13.9 Å². The molecule has 8 heteroatoms. The van der Waals surface area contributed by atoms with Gasteiger partial charge in [0.15, 0.2) is 23.0 Å². The van der Waals surface area contributed by atoms with E-state index in [9.17, 15) is 19.8 Å². The summed E-state index contributed by atoms with van der Waals surface area (Å²) in [6.07, 6.45) is 1.35. The summed E-state index contributed by atoms with van der Waals surface area (Å²) in [7, 11) is 1.56. The fourth-order valence-corrected chi connectivity index (χ4v) is 3.84. The van der Waals surface area contributed by atoms with Gasteiger partial charge in [0.1, 0.15) is 5.75 Å². The van der Waals surface area contributed by atoms with Crippen molar-refractivity contribution in [2.24, 2.45) is 0 Å². The second-order valence-corrected chi connectivity index (χ2v) is 7.41. The normalized spacial score (nSPS) is 15.8. The number of furan rings is 1. The van der Waals surface area contributed by atoms with Gasteiger partial charge >= 0.3 is 0 Å². The average molecular weight is 449 g/mol. The first kappa shape index (κ1) is 22.0. The molecule has 2 heterocycles. The smallest absolute Gasteiger partial charge is 0.290 e. The number of nitrogens with zero attached hydrogens (tertiary/aromatic N) is 1. The van der Waals surface area contributed by atoms with Crippen LogP contribution in [0.15, 0.2) is 76.6 Å². The van der Waals surface area contributed by atoms with Gasteiger partial charge in [-0.15, -0.1) is 0 Å². The summed E-state index contributed by atoms with van der Waals surface area (Å²) in [4.78, 5) is 27.7. The van der Waals surface area contributed by atoms with Gasteiger partial charge in [-0.25, -0.2) is 0 Å². The molecule has 2 N–H and O–H groups in total. The largest absolute Gasteiger partial charge is 0.504 e. The number of phenols is 1. The highest BCUT2D eigenvalue weighted by atomic mass is 16.5. The molecule has 1 atom stereocenters. The second kappa shape index (κ2) is 9.12. The summed E-state index contributed by atoms with van der Waals surface area (Å²) in [5.41, 5.74) is 1.17. The molecule has 0 spiro atoms. The minimum Gasteiger partial charge on any atom is -0.504 e. The molecule has 1 aromatic heterocycles. The van der Waals surface area contributed by atoms with Crippen molar-refractivity contribution in [3.8, 4) is 17.2 Å². The number of benzene rings is 2. The Balaban J connectivity index is 1.79. The lowest BCUT2D eigenvalue weighted by atomic mass is 9.94. The van der Waals surface area contributed by atoms with Crippen molar-refractivity contribution in [2.45, 2.75) is 19.5 Å². The third kappa shape index (κ3) is 4.15. The number of hydrogen-bond donors (Lipinski definition) is 2. The molecule has 1 unspecified atom stereocenters. The van der Waals surface area contributed by atoms with Crippen molar-refractivity contribution in [2.75, 3.05) is 13.7 Å². The Morgan fingerprint density at radius 1 is 1.12 bits per heavy atom. The molecule has 33 heavy (non-hydrogen) atoms. The minimum absolute atomic E-state index is 0.00413. The van der Waals surface area contributed by atoms with Gasteiger partial charge in [0.05, 0.1) is 31.6 Å². The Morgan fingerprint density at radius 3 is 2.52 bits per heavy atom. The number of ketones is 1. The summed E-state index contributed by atoms with van der Waals surface area (Å²) in [6.45, 7) is 2.21. The molecule has 1 aliphatic rings. The topological polar surface area (TPSA) is 109 Å². The predicted molar refractivity (Wildman–Crippen MR) is 118 cm³/mol. The number of Topliss-reactive ketones (excluding diaryl/α,β-unsaturated/α-hetero) is 1. The monoisotopic (exact) mass is 449 g/mol. The van der Waals surface area contributed by atoms with Gasteiger partial charge in [0, 0.05) is 6.54 Å². The summed E-state index contributed by atoms with van der Waals surface area (Å²) < 4.78 is 15.9. The van der Waals surface area contributed by atoms with Gasteiger partial charge in [-0.1, -0.05) is 18.2 Å². The quantitative estimate of drug-likeness (QED) is 0.497. The molecule has 0 bridgehead atoms. The lowest BCUT2D eigenvalue weighted by Crippen LogP contribution is -2.30. The predicted octanol–water partition coefficient (Wildman–Crippen LogP) is 4.17. The van der Waals surface area contributed by atoms with Gasteiger partial charge in [0.2, 0.25) is 5.78 Å². The van der Waals surface area contributed by atoms with Crippen LogP contribution in [0.2, 0.25) is 0 Å². The van der Waals surface area contributed by atoms with E-state index in [1.165, 1.54) is 23.3 Å². The average Bonchev–Trinajstić information content (AvgIpc) is 3.44. The molecule has 2 aromatic carbocycles. The lowest BCUT2D eigenvalue weighted by molar-refractivity contribution is -0.130. The van der Waals surface area contributed by atoms with Gasteiger partial charge in [0.25, 0.3) is 5.91 Å². The first-order valence-electron chi connectivity index (χ1n) is 10.4. The van der Waals surface area contributed by atoms with E-state index < -0.39 is 23.5 Å². The van der Waals surface area contributed by atoms with E-state index in [2.05, 4.69) is 0 Å². The first-order valence-corrected chi connectivity index (χ1v) is 10.4. The number of hydrogen-bond acceptors (Lipinski definition) is 7. The molecule has 4 rings (SSSR count).